The number of non-ortho nitro benzene ring substituents is 1. The lowest BCUT2D eigenvalue weighted by molar-refractivity contribution is -0.384. The quantitative estimate of drug-likeness (QED) is 0.523. The Morgan fingerprint density at radius 3 is 2.52 bits per heavy atom. The van der Waals surface area contributed by atoms with E-state index in [9.17, 15) is 14.9 Å². The zero-order valence-electron chi connectivity index (χ0n) is 14.7. The zero-order valence-corrected chi connectivity index (χ0v) is 14.7. The van der Waals surface area contributed by atoms with Crippen molar-refractivity contribution in [3.63, 3.8) is 0 Å². The van der Waals surface area contributed by atoms with Crippen molar-refractivity contribution >= 4 is 17.2 Å². The van der Waals surface area contributed by atoms with E-state index in [0.29, 0.717) is 18.7 Å². The minimum absolute atomic E-state index is 0.00981. The molecule has 138 valence electrons. The molecule has 2 aromatic heterocycles. The number of hydrogen-bond acceptors (Lipinski definition) is 5. The van der Waals surface area contributed by atoms with Crippen LogP contribution >= 0.6 is 0 Å². The van der Waals surface area contributed by atoms with Crippen LogP contribution in [0, 0.1) is 10.1 Å². The van der Waals surface area contributed by atoms with Crippen LogP contribution in [0.4, 0.5) is 5.69 Å². The molecule has 0 N–H and O–H groups in total. The van der Waals surface area contributed by atoms with Gasteiger partial charge in [-0.15, -0.1) is 0 Å². The topological polar surface area (TPSA) is 84.0 Å². The number of nitrogens with zero attached hydrogens (tertiary/aromatic N) is 5. The van der Waals surface area contributed by atoms with E-state index >= 15 is 0 Å². The molecule has 4 rings (SSSR count). The average Bonchev–Trinajstić information content (AvgIpc) is 3.11. The van der Waals surface area contributed by atoms with Crippen LogP contribution in [0.3, 0.4) is 0 Å². The number of rotatable bonds is 4. The van der Waals surface area contributed by atoms with E-state index in [1.807, 2.05) is 30.6 Å². The van der Waals surface area contributed by atoms with Gasteiger partial charge in [0.25, 0.3) is 11.6 Å². The molecule has 0 radical (unpaired) electrons. The van der Waals surface area contributed by atoms with Gasteiger partial charge < -0.3 is 9.30 Å². The van der Waals surface area contributed by atoms with Gasteiger partial charge in [0.1, 0.15) is 5.65 Å². The third kappa shape index (κ3) is 3.52. The van der Waals surface area contributed by atoms with Crippen LogP contribution in [0.5, 0.6) is 0 Å². The first-order chi connectivity index (χ1) is 13.1. The molecule has 1 fully saturated rings. The van der Waals surface area contributed by atoms with Crippen LogP contribution in [0.1, 0.15) is 16.1 Å². The Hall–Kier alpha value is -3.26. The van der Waals surface area contributed by atoms with Gasteiger partial charge >= 0.3 is 0 Å². The molecule has 0 spiro atoms. The number of imidazole rings is 1. The molecular formula is C19H19N5O3. The van der Waals surface area contributed by atoms with Gasteiger partial charge in [-0.05, 0) is 24.3 Å². The number of nitro benzene ring substituents is 1. The van der Waals surface area contributed by atoms with Crippen LogP contribution < -0.4 is 0 Å². The molecule has 0 saturated carbocycles. The average molecular weight is 365 g/mol. The molecule has 0 unspecified atom stereocenters. The fourth-order valence-corrected chi connectivity index (χ4v) is 3.35. The molecule has 1 saturated heterocycles. The number of carbonyl (C=O) groups is 1. The van der Waals surface area contributed by atoms with Crippen LogP contribution in [0.15, 0.2) is 54.9 Å². The van der Waals surface area contributed by atoms with Crippen LogP contribution in [0.2, 0.25) is 0 Å². The van der Waals surface area contributed by atoms with Crippen molar-refractivity contribution in [1.82, 2.24) is 19.2 Å². The molecule has 3 aromatic rings. The number of amides is 1. The minimum atomic E-state index is -0.465. The summed E-state index contributed by atoms with van der Waals surface area (Å²) in [4.78, 5) is 31.4. The summed E-state index contributed by atoms with van der Waals surface area (Å²) < 4.78 is 2.08. The molecule has 1 aliphatic heterocycles. The highest BCUT2D eigenvalue weighted by molar-refractivity contribution is 5.94. The third-order valence-corrected chi connectivity index (χ3v) is 4.86. The summed E-state index contributed by atoms with van der Waals surface area (Å²) in [6.45, 7) is 3.60. The first-order valence-corrected chi connectivity index (χ1v) is 8.79. The molecule has 0 atom stereocenters. The second-order valence-electron chi connectivity index (χ2n) is 6.55. The van der Waals surface area contributed by atoms with Crippen LogP contribution in [-0.2, 0) is 6.54 Å². The summed E-state index contributed by atoms with van der Waals surface area (Å²) in [7, 11) is 0. The summed E-state index contributed by atoms with van der Waals surface area (Å²) in [5, 5.41) is 10.7. The molecule has 3 heterocycles. The summed E-state index contributed by atoms with van der Waals surface area (Å²) in [5.74, 6) is -0.0839. The largest absolute Gasteiger partial charge is 0.336 e. The second-order valence-corrected chi connectivity index (χ2v) is 6.55. The molecule has 0 bridgehead atoms. The maximum atomic E-state index is 12.6. The van der Waals surface area contributed by atoms with Gasteiger partial charge in [0.05, 0.1) is 16.8 Å². The number of fused-ring (bicyclic) bond motifs is 1. The van der Waals surface area contributed by atoms with Crippen molar-refractivity contribution in [2.45, 2.75) is 6.54 Å². The first-order valence-electron chi connectivity index (χ1n) is 8.79. The lowest BCUT2D eigenvalue weighted by atomic mass is 10.1. The fourth-order valence-electron chi connectivity index (χ4n) is 3.35. The normalized spacial score (nSPS) is 15.2. The number of carbonyl (C=O) groups excluding carboxylic acids is 1. The Bertz CT molecular complexity index is 974. The molecular weight excluding hydrogens is 346 g/mol. The number of aromatic nitrogens is 2. The SMILES string of the molecule is O=C(c1ccc([N+](=O)[O-])cc1)N1CCN(Cc2cnc3ccccn23)CC1. The predicted octanol–water partition coefficient (Wildman–Crippen LogP) is 2.20. The lowest BCUT2D eigenvalue weighted by Crippen LogP contribution is -2.48. The summed E-state index contributed by atoms with van der Waals surface area (Å²) in [5.41, 5.74) is 2.53. The fraction of sp³-hybridized carbons (Fsp3) is 0.263. The number of nitro groups is 1. The molecule has 0 aliphatic carbocycles. The molecule has 1 aliphatic rings. The summed E-state index contributed by atoms with van der Waals surface area (Å²) >= 11 is 0. The Kier molecular flexibility index (Phi) is 4.55. The van der Waals surface area contributed by atoms with Crippen molar-refractivity contribution in [3.05, 3.63) is 76.2 Å². The van der Waals surface area contributed by atoms with Gasteiger partial charge in [0.15, 0.2) is 0 Å². The smallest absolute Gasteiger partial charge is 0.269 e. The lowest BCUT2D eigenvalue weighted by Gasteiger charge is -2.34. The molecule has 1 aromatic carbocycles. The highest BCUT2D eigenvalue weighted by atomic mass is 16.6. The van der Waals surface area contributed by atoms with E-state index in [0.717, 1.165) is 31.0 Å². The number of hydrogen-bond donors (Lipinski definition) is 0. The van der Waals surface area contributed by atoms with Gasteiger partial charge in [0, 0.05) is 56.6 Å². The first kappa shape index (κ1) is 17.2. The van der Waals surface area contributed by atoms with Crippen LogP contribution in [-0.4, -0.2) is 56.2 Å². The van der Waals surface area contributed by atoms with E-state index in [1.165, 1.54) is 24.3 Å². The Morgan fingerprint density at radius 2 is 1.81 bits per heavy atom. The predicted molar refractivity (Wildman–Crippen MR) is 99.5 cm³/mol. The van der Waals surface area contributed by atoms with Crippen molar-refractivity contribution in [2.24, 2.45) is 0 Å². The summed E-state index contributed by atoms with van der Waals surface area (Å²) in [6, 6.07) is 11.7. The van der Waals surface area contributed by atoms with Gasteiger partial charge in [0.2, 0.25) is 0 Å². The molecule has 8 nitrogen and oxygen atoms in total. The van der Waals surface area contributed by atoms with Crippen molar-refractivity contribution < 1.29 is 9.72 Å². The number of benzene rings is 1. The monoisotopic (exact) mass is 365 g/mol. The molecule has 27 heavy (non-hydrogen) atoms. The highest BCUT2D eigenvalue weighted by Gasteiger charge is 2.23. The van der Waals surface area contributed by atoms with E-state index < -0.39 is 4.92 Å². The van der Waals surface area contributed by atoms with Crippen molar-refractivity contribution in [1.29, 1.82) is 0 Å². The third-order valence-electron chi connectivity index (χ3n) is 4.86. The Balaban J connectivity index is 1.37. The van der Waals surface area contributed by atoms with E-state index in [-0.39, 0.29) is 11.6 Å². The minimum Gasteiger partial charge on any atom is -0.336 e. The summed E-state index contributed by atoms with van der Waals surface area (Å²) in [6.07, 6.45) is 3.90. The highest BCUT2D eigenvalue weighted by Crippen LogP contribution is 2.16. The van der Waals surface area contributed by atoms with Crippen LogP contribution in [0.25, 0.3) is 5.65 Å². The number of pyridine rings is 1. The number of piperazine rings is 1. The van der Waals surface area contributed by atoms with Crippen molar-refractivity contribution in [3.8, 4) is 0 Å². The van der Waals surface area contributed by atoms with Gasteiger partial charge in [-0.25, -0.2) is 4.98 Å². The molecule has 8 heteroatoms. The zero-order chi connectivity index (χ0) is 18.8. The Labute approximate surface area is 155 Å². The standard InChI is InChI=1S/C19H19N5O3/c25-19(15-4-6-16(7-5-15)24(26)27)22-11-9-21(10-12-22)14-17-13-20-18-3-1-2-8-23(17)18/h1-8,13H,9-12,14H2. The second kappa shape index (κ2) is 7.16. The van der Waals surface area contributed by atoms with Gasteiger partial charge in [-0.2, -0.15) is 0 Å². The van der Waals surface area contributed by atoms with E-state index in [4.69, 9.17) is 0 Å². The maximum absolute atomic E-state index is 12.6. The van der Waals surface area contributed by atoms with E-state index in [2.05, 4.69) is 14.3 Å². The Morgan fingerprint density at radius 1 is 1.07 bits per heavy atom. The van der Waals surface area contributed by atoms with Crippen molar-refractivity contribution in [2.75, 3.05) is 26.2 Å². The van der Waals surface area contributed by atoms with Gasteiger partial charge in [-0.1, -0.05) is 6.07 Å². The maximum Gasteiger partial charge on any atom is 0.269 e. The van der Waals surface area contributed by atoms with Gasteiger partial charge in [-0.3, -0.25) is 19.8 Å². The van der Waals surface area contributed by atoms with E-state index in [1.54, 1.807) is 4.90 Å². The molecule has 1 amide bonds.